The fourth-order valence-electron chi connectivity index (χ4n) is 2.13. The molecule has 5 nitrogen and oxygen atoms in total. The lowest BCUT2D eigenvalue weighted by Crippen LogP contribution is -2.28. The molecule has 0 saturated carbocycles. The van der Waals surface area contributed by atoms with Crippen LogP contribution in [0.15, 0.2) is 30.3 Å². The Morgan fingerprint density at radius 1 is 1.15 bits per heavy atom. The molecule has 0 fully saturated rings. The van der Waals surface area contributed by atoms with Crippen LogP contribution in [0.4, 0.5) is 11.6 Å². The van der Waals surface area contributed by atoms with Crippen molar-refractivity contribution in [2.75, 3.05) is 23.8 Å². The fraction of sp³-hybridized carbons (Fsp3) is 0.333. The number of nitrogen functional groups attached to an aromatic ring is 1. The van der Waals surface area contributed by atoms with E-state index < -0.39 is 0 Å². The minimum atomic E-state index is 0.0647. The Labute approximate surface area is 119 Å². The average molecular weight is 272 g/mol. The van der Waals surface area contributed by atoms with Crippen LogP contribution in [0.5, 0.6) is 0 Å². The molecule has 0 saturated heterocycles. The van der Waals surface area contributed by atoms with E-state index in [9.17, 15) is 5.11 Å². The zero-order valence-corrected chi connectivity index (χ0v) is 11.9. The standard InChI is InChI=1S/C15H20N4O/c1-11-14(16)17-12(2)18-15(11)19(8-9-20)10-13-6-4-3-5-7-13/h3-7,20H,8-10H2,1-2H3,(H2,16,17,18). The number of hydrogen-bond donors (Lipinski definition) is 2. The van der Waals surface area contributed by atoms with E-state index in [-0.39, 0.29) is 6.61 Å². The molecule has 0 amide bonds. The van der Waals surface area contributed by atoms with Gasteiger partial charge in [-0.05, 0) is 19.4 Å². The van der Waals surface area contributed by atoms with Crippen molar-refractivity contribution in [3.63, 3.8) is 0 Å². The van der Waals surface area contributed by atoms with Crippen molar-refractivity contribution in [2.45, 2.75) is 20.4 Å². The Morgan fingerprint density at radius 2 is 1.85 bits per heavy atom. The lowest BCUT2D eigenvalue weighted by molar-refractivity contribution is 0.301. The SMILES string of the molecule is Cc1nc(N)c(C)c(N(CCO)Cc2ccccc2)n1. The Hall–Kier alpha value is -2.14. The van der Waals surface area contributed by atoms with Crippen molar-refractivity contribution in [3.05, 3.63) is 47.3 Å². The van der Waals surface area contributed by atoms with Gasteiger partial charge in [-0.25, -0.2) is 9.97 Å². The monoisotopic (exact) mass is 272 g/mol. The number of benzene rings is 1. The Kier molecular flexibility index (Phi) is 4.53. The van der Waals surface area contributed by atoms with Crippen LogP contribution in [-0.4, -0.2) is 28.2 Å². The maximum atomic E-state index is 9.29. The molecule has 0 unspecified atom stereocenters. The number of aliphatic hydroxyl groups is 1. The summed E-state index contributed by atoms with van der Waals surface area (Å²) in [5, 5.41) is 9.29. The van der Waals surface area contributed by atoms with Gasteiger partial charge in [0.25, 0.3) is 0 Å². The predicted octanol–water partition coefficient (Wildman–Crippen LogP) is 1.67. The van der Waals surface area contributed by atoms with Crippen LogP contribution in [0, 0.1) is 13.8 Å². The summed E-state index contributed by atoms with van der Waals surface area (Å²) in [5.74, 6) is 1.91. The first-order chi connectivity index (χ1) is 9.61. The molecular formula is C15H20N4O. The third-order valence-electron chi connectivity index (χ3n) is 3.16. The molecule has 1 heterocycles. The smallest absolute Gasteiger partial charge is 0.137 e. The lowest BCUT2D eigenvalue weighted by Gasteiger charge is -2.25. The number of nitrogens with two attached hydrogens (primary N) is 1. The van der Waals surface area contributed by atoms with Gasteiger partial charge in [0, 0.05) is 18.7 Å². The number of anilines is 2. The number of aryl methyl sites for hydroxylation is 1. The minimum absolute atomic E-state index is 0.0647. The molecule has 106 valence electrons. The zero-order chi connectivity index (χ0) is 14.5. The third kappa shape index (κ3) is 3.24. The maximum absolute atomic E-state index is 9.29. The second kappa shape index (κ2) is 6.34. The molecule has 2 aromatic rings. The van der Waals surface area contributed by atoms with Crippen LogP contribution in [-0.2, 0) is 6.54 Å². The van der Waals surface area contributed by atoms with E-state index in [1.165, 1.54) is 0 Å². The molecule has 1 aromatic heterocycles. The van der Waals surface area contributed by atoms with Gasteiger partial charge in [0.1, 0.15) is 17.5 Å². The molecule has 5 heteroatoms. The summed E-state index contributed by atoms with van der Waals surface area (Å²) in [6.07, 6.45) is 0. The quantitative estimate of drug-likeness (QED) is 0.866. The Bertz CT molecular complexity index is 572. The van der Waals surface area contributed by atoms with Crippen molar-refractivity contribution < 1.29 is 5.11 Å². The van der Waals surface area contributed by atoms with Crippen LogP contribution in [0.2, 0.25) is 0 Å². The van der Waals surface area contributed by atoms with Gasteiger partial charge in [0.15, 0.2) is 0 Å². The largest absolute Gasteiger partial charge is 0.395 e. The van der Waals surface area contributed by atoms with Crippen LogP contribution in [0.3, 0.4) is 0 Å². The van der Waals surface area contributed by atoms with Crippen molar-refractivity contribution in [2.24, 2.45) is 0 Å². The highest BCUT2D eigenvalue weighted by atomic mass is 16.3. The minimum Gasteiger partial charge on any atom is -0.395 e. The summed E-state index contributed by atoms with van der Waals surface area (Å²) in [6.45, 7) is 4.97. The van der Waals surface area contributed by atoms with Crippen LogP contribution >= 0.6 is 0 Å². The Morgan fingerprint density at radius 3 is 2.50 bits per heavy atom. The summed E-state index contributed by atoms with van der Waals surface area (Å²) in [6, 6.07) is 10.1. The molecular weight excluding hydrogens is 252 g/mol. The zero-order valence-electron chi connectivity index (χ0n) is 11.9. The molecule has 0 spiro atoms. The van der Waals surface area contributed by atoms with E-state index in [0.717, 1.165) is 16.9 Å². The molecule has 0 aliphatic rings. The number of aromatic nitrogens is 2. The first kappa shape index (κ1) is 14.3. The molecule has 0 radical (unpaired) electrons. The highest BCUT2D eigenvalue weighted by molar-refractivity contribution is 5.56. The third-order valence-corrected chi connectivity index (χ3v) is 3.16. The van der Waals surface area contributed by atoms with Gasteiger partial charge in [-0.1, -0.05) is 30.3 Å². The summed E-state index contributed by atoms with van der Waals surface area (Å²) in [7, 11) is 0. The van der Waals surface area contributed by atoms with Crippen LogP contribution < -0.4 is 10.6 Å². The molecule has 3 N–H and O–H groups in total. The molecule has 0 atom stereocenters. The number of rotatable bonds is 5. The predicted molar refractivity (Wildman–Crippen MR) is 80.5 cm³/mol. The van der Waals surface area contributed by atoms with Crippen molar-refractivity contribution in [1.29, 1.82) is 0 Å². The summed E-state index contributed by atoms with van der Waals surface area (Å²) in [4.78, 5) is 10.7. The van der Waals surface area contributed by atoms with Gasteiger partial charge in [-0.3, -0.25) is 0 Å². The van der Waals surface area contributed by atoms with Crippen LogP contribution in [0.1, 0.15) is 17.0 Å². The Balaban J connectivity index is 2.33. The fourth-order valence-corrected chi connectivity index (χ4v) is 2.13. The van der Waals surface area contributed by atoms with E-state index in [4.69, 9.17) is 5.73 Å². The van der Waals surface area contributed by atoms with E-state index in [1.807, 2.05) is 36.9 Å². The van der Waals surface area contributed by atoms with E-state index in [1.54, 1.807) is 0 Å². The normalized spacial score (nSPS) is 10.6. The highest BCUT2D eigenvalue weighted by Gasteiger charge is 2.14. The molecule has 2 rings (SSSR count). The lowest BCUT2D eigenvalue weighted by atomic mass is 10.2. The molecule has 1 aromatic carbocycles. The van der Waals surface area contributed by atoms with Gasteiger partial charge in [0.2, 0.25) is 0 Å². The number of aliphatic hydroxyl groups excluding tert-OH is 1. The van der Waals surface area contributed by atoms with E-state index in [2.05, 4.69) is 22.1 Å². The molecule has 0 aliphatic carbocycles. The molecule has 20 heavy (non-hydrogen) atoms. The second-order valence-electron chi connectivity index (χ2n) is 4.74. The van der Waals surface area contributed by atoms with Gasteiger partial charge >= 0.3 is 0 Å². The first-order valence-electron chi connectivity index (χ1n) is 6.62. The summed E-state index contributed by atoms with van der Waals surface area (Å²) in [5.41, 5.74) is 7.92. The molecule has 0 aliphatic heterocycles. The van der Waals surface area contributed by atoms with Crippen molar-refractivity contribution >= 4 is 11.6 Å². The highest BCUT2D eigenvalue weighted by Crippen LogP contribution is 2.23. The van der Waals surface area contributed by atoms with Gasteiger partial charge in [-0.2, -0.15) is 0 Å². The van der Waals surface area contributed by atoms with Gasteiger partial charge in [-0.15, -0.1) is 0 Å². The summed E-state index contributed by atoms with van der Waals surface area (Å²) < 4.78 is 0. The average Bonchev–Trinajstić information content (AvgIpc) is 2.43. The van der Waals surface area contributed by atoms with Crippen molar-refractivity contribution in [1.82, 2.24) is 9.97 Å². The van der Waals surface area contributed by atoms with Gasteiger partial charge < -0.3 is 15.7 Å². The maximum Gasteiger partial charge on any atom is 0.137 e. The number of nitrogens with zero attached hydrogens (tertiary/aromatic N) is 3. The molecule has 0 bridgehead atoms. The summed E-state index contributed by atoms with van der Waals surface area (Å²) >= 11 is 0. The van der Waals surface area contributed by atoms with Crippen LogP contribution in [0.25, 0.3) is 0 Å². The van der Waals surface area contributed by atoms with E-state index >= 15 is 0 Å². The number of hydrogen-bond acceptors (Lipinski definition) is 5. The van der Waals surface area contributed by atoms with Crippen molar-refractivity contribution in [3.8, 4) is 0 Å². The second-order valence-corrected chi connectivity index (χ2v) is 4.74. The van der Waals surface area contributed by atoms with Gasteiger partial charge in [0.05, 0.1) is 6.61 Å². The first-order valence-corrected chi connectivity index (χ1v) is 6.62. The van der Waals surface area contributed by atoms with E-state index in [0.29, 0.717) is 24.7 Å². The topological polar surface area (TPSA) is 75.3 Å².